The van der Waals surface area contributed by atoms with Gasteiger partial charge in [-0.15, -0.1) is 0 Å². The Morgan fingerprint density at radius 2 is 1.80 bits per heavy atom. The number of ether oxygens (including phenoxy) is 2. The molecular formula is C27H33FN2O5. The molecule has 1 N–H and O–H groups in total. The van der Waals surface area contributed by atoms with Gasteiger partial charge in [0.15, 0.2) is 0 Å². The van der Waals surface area contributed by atoms with Crippen LogP contribution in [0, 0.1) is 18.7 Å². The number of anilines is 1. The van der Waals surface area contributed by atoms with Crippen LogP contribution in [0.25, 0.3) is 0 Å². The van der Waals surface area contributed by atoms with Crippen molar-refractivity contribution in [2.75, 3.05) is 18.5 Å². The fourth-order valence-electron chi connectivity index (χ4n) is 4.36. The first-order chi connectivity index (χ1) is 16.5. The van der Waals surface area contributed by atoms with Gasteiger partial charge in [0.05, 0.1) is 24.1 Å². The van der Waals surface area contributed by atoms with E-state index in [9.17, 15) is 18.8 Å². The van der Waals surface area contributed by atoms with Gasteiger partial charge in [-0.1, -0.05) is 24.3 Å². The largest absolute Gasteiger partial charge is 0.466 e. The molecule has 1 fully saturated rings. The molecule has 3 rings (SSSR count). The number of amides is 2. The van der Waals surface area contributed by atoms with E-state index in [2.05, 4.69) is 5.32 Å². The van der Waals surface area contributed by atoms with E-state index in [-0.39, 0.29) is 12.2 Å². The summed E-state index contributed by atoms with van der Waals surface area (Å²) in [5.74, 6) is -2.04. The van der Waals surface area contributed by atoms with Gasteiger partial charge in [-0.25, -0.2) is 9.18 Å². The van der Waals surface area contributed by atoms with E-state index >= 15 is 0 Å². The van der Waals surface area contributed by atoms with Crippen LogP contribution in [0.15, 0.2) is 42.5 Å². The van der Waals surface area contributed by atoms with Crippen LogP contribution in [0.3, 0.4) is 0 Å². The van der Waals surface area contributed by atoms with Crippen molar-refractivity contribution in [2.45, 2.75) is 59.1 Å². The van der Waals surface area contributed by atoms with E-state index in [1.807, 2.05) is 0 Å². The van der Waals surface area contributed by atoms with E-state index in [1.54, 1.807) is 75.9 Å². The Hall–Kier alpha value is -3.42. The predicted molar refractivity (Wildman–Crippen MR) is 131 cm³/mol. The minimum Gasteiger partial charge on any atom is -0.466 e. The minimum atomic E-state index is -0.634. The predicted octanol–water partition coefficient (Wildman–Crippen LogP) is 5.64. The molecule has 0 saturated carbocycles. The standard InChI is InChI=1S/C27H33FN2O5/c1-6-34-25(32)20-10-8-16-30(24(31)22-17(2)9-7-11-21(22)28)23(20)18-12-14-19(15-13-18)29-26(33)35-27(3,4)5/h7,9,11-15,20,23H,6,8,10,16H2,1-5H3,(H,29,33)/t20?,23-/m0/s1. The zero-order valence-corrected chi connectivity index (χ0v) is 20.9. The Morgan fingerprint density at radius 3 is 2.40 bits per heavy atom. The van der Waals surface area contributed by atoms with Crippen molar-refractivity contribution >= 4 is 23.7 Å². The average Bonchev–Trinajstić information content (AvgIpc) is 2.78. The third-order valence-corrected chi connectivity index (χ3v) is 5.81. The summed E-state index contributed by atoms with van der Waals surface area (Å²) in [4.78, 5) is 40.1. The summed E-state index contributed by atoms with van der Waals surface area (Å²) in [7, 11) is 0. The average molecular weight is 485 g/mol. The highest BCUT2D eigenvalue weighted by Gasteiger charge is 2.41. The van der Waals surface area contributed by atoms with Gasteiger partial charge in [0.1, 0.15) is 11.4 Å². The summed E-state index contributed by atoms with van der Waals surface area (Å²) >= 11 is 0. The molecule has 1 aliphatic heterocycles. The lowest BCUT2D eigenvalue weighted by atomic mass is 9.84. The van der Waals surface area contributed by atoms with Gasteiger partial charge < -0.3 is 14.4 Å². The zero-order chi connectivity index (χ0) is 25.8. The molecule has 1 saturated heterocycles. The van der Waals surface area contributed by atoms with E-state index < -0.39 is 41.3 Å². The number of aryl methyl sites for hydroxylation is 1. The number of carbonyl (C=O) groups excluding carboxylic acids is 3. The number of hydrogen-bond acceptors (Lipinski definition) is 5. The highest BCUT2D eigenvalue weighted by Crippen LogP contribution is 2.39. The summed E-state index contributed by atoms with van der Waals surface area (Å²) in [6, 6.07) is 10.8. The molecule has 1 aliphatic rings. The molecule has 35 heavy (non-hydrogen) atoms. The third-order valence-electron chi connectivity index (χ3n) is 5.81. The van der Waals surface area contributed by atoms with Crippen LogP contribution >= 0.6 is 0 Å². The summed E-state index contributed by atoms with van der Waals surface area (Å²) in [6.45, 7) is 9.35. The number of carbonyl (C=O) groups is 3. The Labute approximate surface area is 205 Å². The monoisotopic (exact) mass is 484 g/mol. The molecular weight excluding hydrogens is 451 g/mol. The molecule has 2 amide bonds. The Kier molecular flexibility index (Phi) is 8.14. The van der Waals surface area contributed by atoms with Crippen LogP contribution in [-0.2, 0) is 14.3 Å². The molecule has 0 bridgehead atoms. The zero-order valence-electron chi connectivity index (χ0n) is 20.9. The van der Waals surface area contributed by atoms with Crippen LogP contribution < -0.4 is 5.32 Å². The van der Waals surface area contributed by atoms with Gasteiger partial charge in [-0.05, 0) is 76.8 Å². The number of rotatable bonds is 5. The summed E-state index contributed by atoms with van der Waals surface area (Å²) < 4.78 is 25.3. The molecule has 1 heterocycles. The second-order valence-electron chi connectivity index (χ2n) is 9.62. The molecule has 0 radical (unpaired) electrons. The van der Waals surface area contributed by atoms with Gasteiger partial charge >= 0.3 is 12.1 Å². The number of halogens is 1. The van der Waals surface area contributed by atoms with Crippen LogP contribution in [0.4, 0.5) is 14.9 Å². The molecule has 2 aromatic rings. The number of nitrogens with zero attached hydrogens (tertiary/aromatic N) is 1. The van der Waals surface area contributed by atoms with Crippen molar-refractivity contribution < 1.29 is 28.2 Å². The second-order valence-corrected chi connectivity index (χ2v) is 9.62. The van der Waals surface area contributed by atoms with Crippen molar-refractivity contribution in [1.82, 2.24) is 4.90 Å². The molecule has 0 aliphatic carbocycles. The fraction of sp³-hybridized carbons (Fsp3) is 0.444. The lowest BCUT2D eigenvalue weighted by Gasteiger charge is -2.40. The molecule has 2 atom stereocenters. The lowest BCUT2D eigenvalue weighted by Crippen LogP contribution is -2.46. The Balaban J connectivity index is 1.94. The Morgan fingerprint density at radius 1 is 1.11 bits per heavy atom. The number of hydrogen-bond donors (Lipinski definition) is 1. The van der Waals surface area contributed by atoms with Crippen molar-refractivity contribution in [1.29, 1.82) is 0 Å². The smallest absolute Gasteiger partial charge is 0.412 e. The van der Waals surface area contributed by atoms with Crippen LogP contribution in [-0.4, -0.2) is 41.6 Å². The molecule has 7 nitrogen and oxygen atoms in total. The van der Waals surface area contributed by atoms with Crippen molar-refractivity contribution in [2.24, 2.45) is 5.92 Å². The van der Waals surface area contributed by atoms with Gasteiger partial charge in [-0.3, -0.25) is 14.9 Å². The Bertz CT molecular complexity index is 1060. The maximum absolute atomic E-state index is 14.7. The summed E-state index contributed by atoms with van der Waals surface area (Å²) in [6.07, 6.45) is 0.554. The topological polar surface area (TPSA) is 84.9 Å². The van der Waals surface area contributed by atoms with Crippen LogP contribution in [0.5, 0.6) is 0 Å². The highest BCUT2D eigenvalue weighted by atomic mass is 19.1. The maximum atomic E-state index is 14.7. The minimum absolute atomic E-state index is 0.00483. The molecule has 1 unspecified atom stereocenters. The molecule has 8 heteroatoms. The van der Waals surface area contributed by atoms with Gasteiger partial charge in [0.2, 0.25) is 0 Å². The third kappa shape index (κ3) is 6.38. The first-order valence-corrected chi connectivity index (χ1v) is 11.8. The summed E-state index contributed by atoms with van der Waals surface area (Å²) in [5.41, 5.74) is 1.10. The quantitative estimate of drug-likeness (QED) is 0.556. The number of benzene rings is 2. The van der Waals surface area contributed by atoms with Crippen LogP contribution in [0.1, 0.15) is 68.1 Å². The van der Waals surface area contributed by atoms with E-state index in [1.165, 1.54) is 6.07 Å². The number of nitrogens with one attached hydrogen (secondary N) is 1. The molecule has 188 valence electrons. The first-order valence-electron chi connectivity index (χ1n) is 11.8. The lowest BCUT2D eigenvalue weighted by molar-refractivity contribution is -0.151. The van der Waals surface area contributed by atoms with E-state index in [0.717, 1.165) is 0 Å². The van der Waals surface area contributed by atoms with Crippen LogP contribution in [0.2, 0.25) is 0 Å². The van der Waals surface area contributed by atoms with Gasteiger partial charge in [0.25, 0.3) is 5.91 Å². The second kappa shape index (κ2) is 10.9. The van der Waals surface area contributed by atoms with E-state index in [0.29, 0.717) is 36.2 Å². The van der Waals surface area contributed by atoms with Gasteiger partial charge in [0, 0.05) is 12.2 Å². The molecule has 2 aromatic carbocycles. The molecule has 0 spiro atoms. The van der Waals surface area contributed by atoms with Gasteiger partial charge in [-0.2, -0.15) is 0 Å². The number of likely N-dealkylation sites (tertiary alicyclic amines) is 1. The number of esters is 1. The maximum Gasteiger partial charge on any atom is 0.412 e. The highest BCUT2D eigenvalue weighted by molar-refractivity contribution is 5.96. The molecule has 0 aromatic heterocycles. The first kappa shape index (κ1) is 26.2. The summed E-state index contributed by atoms with van der Waals surface area (Å²) in [5, 5.41) is 2.67. The van der Waals surface area contributed by atoms with Crippen molar-refractivity contribution in [3.63, 3.8) is 0 Å². The fourth-order valence-corrected chi connectivity index (χ4v) is 4.36. The SMILES string of the molecule is CCOC(=O)C1CCCN(C(=O)c2c(C)cccc2F)[C@H]1c1ccc(NC(=O)OC(C)(C)C)cc1. The van der Waals surface area contributed by atoms with Crippen molar-refractivity contribution in [3.05, 3.63) is 65.0 Å². The van der Waals surface area contributed by atoms with Crippen molar-refractivity contribution in [3.8, 4) is 0 Å². The number of piperidine rings is 1. The van der Waals surface area contributed by atoms with E-state index in [4.69, 9.17) is 9.47 Å². The normalized spacial score (nSPS) is 18.1.